The number of carbonyl (C=O) groups excluding carboxylic acids is 1. The summed E-state index contributed by atoms with van der Waals surface area (Å²) >= 11 is 0. The van der Waals surface area contributed by atoms with Gasteiger partial charge in [0, 0.05) is 12.0 Å². The van der Waals surface area contributed by atoms with E-state index < -0.39 is 0 Å². The summed E-state index contributed by atoms with van der Waals surface area (Å²) in [6.07, 6.45) is 2.36. The van der Waals surface area contributed by atoms with Gasteiger partial charge in [-0.2, -0.15) is 0 Å². The number of carbonyl (C=O) groups is 1. The minimum absolute atomic E-state index is 0.313. The lowest BCUT2D eigenvalue weighted by atomic mass is 10.0. The maximum Gasteiger partial charge on any atom is 0.341 e. The van der Waals surface area contributed by atoms with Gasteiger partial charge in [-0.15, -0.1) is 0 Å². The topological polar surface area (TPSA) is 39.4 Å². The molecule has 0 aliphatic heterocycles. The molecule has 0 aliphatic carbocycles. The van der Waals surface area contributed by atoms with Gasteiger partial charge < -0.3 is 9.15 Å². The molecule has 0 saturated heterocycles. The zero-order valence-electron chi connectivity index (χ0n) is 9.09. The van der Waals surface area contributed by atoms with Crippen LogP contribution in [0.3, 0.4) is 0 Å². The highest BCUT2D eigenvalue weighted by atomic mass is 16.5. The van der Waals surface area contributed by atoms with Crippen LogP contribution in [-0.2, 0) is 11.2 Å². The van der Waals surface area contributed by atoms with Gasteiger partial charge in [0.05, 0.1) is 13.4 Å². The fourth-order valence-corrected chi connectivity index (χ4v) is 1.40. The molecule has 0 spiro atoms. The summed E-state index contributed by atoms with van der Waals surface area (Å²) in [5, 5.41) is 0. The molecule has 0 aromatic carbocycles. The quantitative estimate of drug-likeness (QED) is 0.697. The molecule has 14 heavy (non-hydrogen) atoms. The Morgan fingerprint density at radius 2 is 2.21 bits per heavy atom. The molecule has 0 atom stereocenters. The molecule has 0 amide bonds. The number of esters is 1. The average molecular weight is 196 g/mol. The molecule has 78 valence electrons. The molecule has 0 aliphatic rings. The van der Waals surface area contributed by atoms with Gasteiger partial charge in [-0.25, -0.2) is 4.79 Å². The Labute approximate surface area is 84.1 Å². The van der Waals surface area contributed by atoms with Crippen LogP contribution < -0.4 is 0 Å². The molecule has 3 nitrogen and oxygen atoms in total. The second kappa shape index (κ2) is 4.31. The predicted molar refractivity (Wildman–Crippen MR) is 53.3 cm³/mol. The van der Waals surface area contributed by atoms with Crippen molar-refractivity contribution >= 4 is 5.97 Å². The monoisotopic (exact) mass is 196 g/mol. The van der Waals surface area contributed by atoms with Crippen molar-refractivity contribution in [3.8, 4) is 0 Å². The predicted octanol–water partition coefficient (Wildman–Crippen LogP) is 2.57. The van der Waals surface area contributed by atoms with Gasteiger partial charge in [0.25, 0.3) is 0 Å². The first kappa shape index (κ1) is 10.8. The Balaban J connectivity index is 3.00. The molecular weight excluding hydrogens is 180 g/mol. The van der Waals surface area contributed by atoms with E-state index in [1.54, 1.807) is 6.26 Å². The van der Waals surface area contributed by atoms with E-state index in [0.717, 1.165) is 17.7 Å². The molecule has 0 fully saturated rings. The van der Waals surface area contributed by atoms with E-state index in [2.05, 4.69) is 13.8 Å². The van der Waals surface area contributed by atoms with E-state index in [-0.39, 0.29) is 5.97 Å². The average Bonchev–Trinajstić information content (AvgIpc) is 2.45. The van der Waals surface area contributed by atoms with Crippen molar-refractivity contribution in [1.29, 1.82) is 0 Å². The van der Waals surface area contributed by atoms with E-state index >= 15 is 0 Å². The Bertz CT molecular complexity index is 323. The van der Waals surface area contributed by atoms with Gasteiger partial charge in [0.2, 0.25) is 0 Å². The molecule has 1 aromatic heterocycles. The number of methoxy groups -OCH3 is 1. The normalized spacial score (nSPS) is 10.6. The Morgan fingerprint density at radius 3 is 2.71 bits per heavy atom. The van der Waals surface area contributed by atoms with Crippen LogP contribution in [-0.4, -0.2) is 13.1 Å². The molecule has 0 saturated carbocycles. The molecule has 1 aromatic rings. The first-order valence-electron chi connectivity index (χ1n) is 4.71. The van der Waals surface area contributed by atoms with Gasteiger partial charge in [0.1, 0.15) is 11.3 Å². The summed E-state index contributed by atoms with van der Waals surface area (Å²) in [5.41, 5.74) is 1.42. The second-order valence-corrected chi connectivity index (χ2v) is 3.81. The third-order valence-corrected chi connectivity index (χ3v) is 2.03. The first-order valence-corrected chi connectivity index (χ1v) is 4.71. The van der Waals surface area contributed by atoms with Gasteiger partial charge in [-0.3, -0.25) is 0 Å². The van der Waals surface area contributed by atoms with Gasteiger partial charge in [-0.05, 0) is 12.8 Å². The van der Waals surface area contributed by atoms with E-state index in [0.29, 0.717) is 11.5 Å². The fourth-order valence-electron chi connectivity index (χ4n) is 1.40. The van der Waals surface area contributed by atoms with Crippen molar-refractivity contribution in [2.75, 3.05) is 7.11 Å². The van der Waals surface area contributed by atoms with E-state index in [4.69, 9.17) is 9.15 Å². The van der Waals surface area contributed by atoms with E-state index in [1.807, 2.05) is 6.92 Å². The molecule has 0 radical (unpaired) electrons. The number of furan rings is 1. The van der Waals surface area contributed by atoms with Crippen molar-refractivity contribution in [2.24, 2.45) is 5.92 Å². The lowest BCUT2D eigenvalue weighted by molar-refractivity contribution is 0.0597. The molecule has 0 bridgehead atoms. The maximum absolute atomic E-state index is 11.4. The van der Waals surface area contributed by atoms with Crippen LogP contribution in [0.4, 0.5) is 0 Å². The standard InChI is InChI=1S/C11H16O3/c1-7(2)5-9-10(11(12)13-4)8(3)6-14-9/h6-7H,5H2,1-4H3. The van der Waals surface area contributed by atoms with Gasteiger partial charge in [0.15, 0.2) is 0 Å². The zero-order chi connectivity index (χ0) is 10.7. The lowest BCUT2D eigenvalue weighted by Gasteiger charge is -2.04. The molecular formula is C11H16O3. The zero-order valence-corrected chi connectivity index (χ0v) is 9.09. The van der Waals surface area contributed by atoms with Gasteiger partial charge >= 0.3 is 5.97 Å². The van der Waals surface area contributed by atoms with E-state index in [9.17, 15) is 4.79 Å². The molecule has 0 N–H and O–H groups in total. The van der Waals surface area contributed by atoms with Crippen LogP contribution in [0, 0.1) is 12.8 Å². The minimum atomic E-state index is -0.313. The number of aryl methyl sites for hydroxylation is 1. The van der Waals surface area contributed by atoms with Crippen molar-refractivity contribution < 1.29 is 13.9 Å². The summed E-state index contributed by atoms with van der Waals surface area (Å²) in [4.78, 5) is 11.4. The van der Waals surface area contributed by atoms with Crippen molar-refractivity contribution in [3.63, 3.8) is 0 Å². The van der Waals surface area contributed by atoms with Crippen LogP contribution in [0.2, 0.25) is 0 Å². The summed E-state index contributed by atoms with van der Waals surface area (Å²) < 4.78 is 10.0. The summed E-state index contributed by atoms with van der Waals surface area (Å²) in [5.74, 6) is 0.875. The van der Waals surface area contributed by atoms with Crippen LogP contribution in [0.15, 0.2) is 10.7 Å². The smallest absolute Gasteiger partial charge is 0.341 e. The van der Waals surface area contributed by atoms with Gasteiger partial charge in [-0.1, -0.05) is 13.8 Å². The van der Waals surface area contributed by atoms with Crippen molar-refractivity contribution in [1.82, 2.24) is 0 Å². The third kappa shape index (κ3) is 2.16. The molecule has 0 unspecified atom stereocenters. The Kier molecular flexibility index (Phi) is 3.33. The summed E-state index contributed by atoms with van der Waals surface area (Å²) in [7, 11) is 1.38. The SMILES string of the molecule is COC(=O)c1c(C)coc1CC(C)C. The van der Waals surface area contributed by atoms with Crippen LogP contribution in [0.1, 0.15) is 35.5 Å². The molecule has 1 heterocycles. The highest BCUT2D eigenvalue weighted by molar-refractivity contribution is 5.92. The molecule has 1 rings (SSSR count). The Hall–Kier alpha value is -1.25. The number of hydrogen-bond donors (Lipinski definition) is 0. The maximum atomic E-state index is 11.4. The van der Waals surface area contributed by atoms with Crippen LogP contribution >= 0.6 is 0 Å². The minimum Gasteiger partial charge on any atom is -0.468 e. The van der Waals surface area contributed by atoms with E-state index in [1.165, 1.54) is 7.11 Å². The molecule has 3 heteroatoms. The highest BCUT2D eigenvalue weighted by Crippen LogP contribution is 2.20. The fraction of sp³-hybridized carbons (Fsp3) is 0.545. The lowest BCUT2D eigenvalue weighted by Crippen LogP contribution is -2.06. The second-order valence-electron chi connectivity index (χ2n) is 3.81. The van der Waals surface area contributed by atoms with Crippen LogP contribution in [0.25, 0.3) is 0 Å². The first-order chi connectivity index (χ1) is 6.56. The van der Waals surface area contributed by atoms with Crippen molar-refractivity contribution in [2.45, 2.75) is 27.2 Å². The number of ether oxygens (including phenoxy) is 1. The number of rotatable bonds is 3. The van der Waals surface area contributed by atoms with Crippen molar-refractivity contribution in [3.05, 3.63) is 23.2 Å². The highest BCUT2D eigenvalue weighted by Gasteiger charge is 2.19. The third-order valence-electron chi connectivity index (χ3n) is 2.03. The van der Waals surface area contributed by atoms with Crippen LogP contribution in [0.5, 0.6) is 0 Å². The largest absolute Gasteiger partial charge is 0.468 e. The Morgan fingerprint density at radius 1 is 1.57 bits per heavy atom. The summed E-state index contributed by atoms with van der Waals surface area (Å²) in [6.45, 7) is 6.01. The number of hydrogen-bond acceptors (Lipinski definition) is 3. The summed E-state index contributed by atoms with van der Waals surface area (Å²) in [6, 6.07) is 0.